The maximum atomic E-state index is 2.44. The summed E-state index contributed by atoms with van der Waals surface area (Å²) < 4.78 is 2.38. The summed E-state index contributed by atoms with van der Waals surface area (Å²) in [5.74, 6) is 0. The van der Waals surface area contributed by atoms with Crippen LogP contribution in [-0.2, 0) is 19.9 Å². The Balaban J connectivity index is 2.09. The van der Waals surface area contributed by atoms with Gasteiger partial charge in [-0.15, -0.1) is 0 Å². The topological polar surface area (TPSA) is 3.88 Å². The van der Waals surface area contributed by atoms with Crippen LogP contribution in [0.5, 0.6) is 0 Å². The third kappa shape index (κ3) is 2.18. The molecular formula is C22H24N+. The summed E-state index contributed by atoms with van der Waals surface area (Å²) in [4.78, 5) is 0. The van der Waals surface area contributed by atoms with Gasteiger partial charge in [0.2, 0.25) is 11.2 Å². The lowest BCUT2D eigenvalue weighted by Crippen LogP contribution is -2.33. The first kappa shape index (κ1) is 14.4. The molecular weight excluding hydrogens is 278 g/mol. The molecule has 0 bridgehead atoms. The second kappa shape index (κ2) is 5.19. The second-order valence-corrected chi connectivity index (χ2v) is 7.03. The Hall–Kier alpha value is -2.15. The molecule has 0 fully saturated rings. The molecule has 1 aromatic heterocycles. The van der Waals surface area contributed by atoms with Crippen molar-refractivity contribution >= 4 is 10.9 Å². The summed E-state index contributed by atoms with van der Waals surface area (Å²) in [6.07, 6.45) is 3.68. The normalized spacial score (nSPS) is 13.6. The maximum Gasteiger partial charge on any atom is 0.213 e. The van der Waals surface area contributed by atoms with Gasteiger partial charge in [-0.3, -0.25) is 0 Å². The summed E-state index contributed by atoms with van der Waals surface area (Å²) in [6, 6.07) is 13.8. The number of hydrogen-bond donors (Lipinski definition) is 0. The van der Waals surface area contributed by atoms with Gasteiger partial charge in [0.1, 0.15) is 7.05 Å². The molecule has 0 spiro atoms. The van der Waals surface area contributed by atoms with E-state index in [2.05, 4.69) is 68.8 Å². The number of nitrogens with zero attached hydrogens (tertiary/aromatic N) is 1. The summed E-state index contributed by atoms with van der Waals surface area (Å²) in [5, 5.41) is 1.49. The van der Waals surface area contributed by atoms with Crippen molar-refractivity contribution < 1.29 is 4.57 Å². The molecule has 0 unspecified atom stereocenters. The van der Waals surface area contributed by atoms with Gasteiger partial charge in [0.05, 0.1) is 5.39 Å². The molecule has 4 rings (SSSR count). The number of benzene rings is 2. The largest absolute Gasteiger partial charge is 0.213 e. The summed E-state index contributed by atoms with van der Waals surface area (Å²) >= 11 is 0. The van der Waals surface area contributed by atoms with E-state index in [4.69, 9.17) is 0 Å². The van der Waals surface area contributed by atoms with Crippen LogP contribution in [0.25, 0.3) is 22.2 Å². The van der Waals surface area contributed by atoms with Gasteiger partial charge in [0, 0.05) is 17.7 Å². The zero-order valence-corrected chi connectivity index (χ0v) is 14.5. The lowest BCUT2D eigenvalue weighted by Gasteiger charge is -2.18. The van der Waals surface area contributed by atoms with Crippen LogP contribution in [0.15, 0.2) is 36.4 Å². The van der Waals surface area contributed by atoms with Gasteiger partial charge in [-0.1, -0.05) is 23.8 Å². The van der Waals surface area contributed by atoms with Gasteiger partial charge in [0.25, 0.3) is 0 Å². The van der Waals surface area contributed by atoms with E-state index in [1.54, 1.807) is 0 Å². The fourth-order valence-corrected chi connectivity index (χ4v) is 4.14. The lowest BCUT2D eigenvalue weighted by molar-refractivity contribution is -0.633. The number of hydrogen-bond acceptors (Lipinski definition) is 0. The van der Waals surface area contributed by atoms with Crippen molar-refractivity contribution in [3.63, 3.8) is 0 Å². The van der Waals surface area contributed by atoms with Gasteiger partial charge in [-0.2, -0.15) is 4.57 Å². The Labute approximate surface area is 138 Å². The van der Waals surface area contributed by atoms with E-state index in [0.29, 0.717) is 0 Å². The third-order valence-electron chi connectivity index (χ3n) is 5.46. The summed E-state index contributed by atoms with van der Waals surface area (Å²) in [7, 11) is 2.21. The van der Waals surface area contributed by atoms with Crippen LogP contribution in [0, 0.1) is 20.8 Å². The minimum atomic E-state index is 1.20. The van der Waals surface area contributed by atoms with E-state index in [1.807, 2.05) is 0 Å². The van der Waals surface area contributed by atoms with Crippen LogP contribution in [0.2, 0.25) is 0 Å². The highest BCUT2D eigenvalue weighted by molar-refractivity contribution is 5.86. The van der Waals surface area contributed by atoms with Gasteiger partial charge in [0.15, 0.2) is 0 Å². The highest BCUT2D eigenvalue weighted by atomic mass is 14.9. The zero-order valence-electron chi connectivity index (χ0n) is 14.5. The molecule has 1 aliphatic rings. The molecule has 0 saturated heterocycles. The molecule has 1 heterocycles. The standard InChI is InChI=1S/C22H24N/c1-14-11-15(2)16(3)19(12-14)21-13-18-9-5-7-17-8-6-10-20(22(17)18)23(21)4/h6,8,10-13H,5,7,9H2,1-4H3/q+1. The fourth-order valence-electron chi connectivity index (χ4n) is 4.14. The molecule has 0 atom stereocenters. The lowest BCUT2D eigenvalue weighted by atomic mass is 9.88. The van der Waals surface area contributed by atoms with Crippen LogP contribution in [0.4, 0.5) is 0 Å². The Morgan fingerprint density at radius 1 is 0.913 bits per heavy atom. The number of aryl methyl sites for hydroxylation is 5. The second-order valence-electron chi connectivity index (χ2n) is 7.03. The Kier molecular flexibility index (Phi) is 3.26. The molecule has 2 aromatic carbocycles. The highest BCUT2D eigenvalue weighted by Crippen LogP contribution is 2.32. The van der Waals surface area contributed by atoms with Gasteiger partial charge in [-0.25, -0.2) is 0 Å². The predicted molar refractivity (Wildman–Crippen MR) is 96.8 cm³/mol. The van der Waals surface area contributed by atoms with Crippen molar-refractivity contribution in [2.24, 2.45) is 7.05 Å². The van der Waals surface area contributed by atoms with E-state index in [9.17, 15) is 0 Å². The predicted octanol–water partition coefficient (Wildman–Crippen LogP) is 4.75. The average molecular weight is 302 g/mol. The molecule has 23 heavy (non-hydrogen) atoms. The molecule has 0 saturated carbocycles. The molecule has 1 aliphatic carbocycles. The molecule has 0 radical (unpaired) electrons. The molecule has 1 nitrogen and oxygen atoms in total. The Bertz CT molecular complexity index is 935. The van der Waals surface area contributed by atoms with Crippen LogP contribution in [0.1, 0.15) is 34.2 Å². The zero-order chi connectivity index (χ0) is 16.1. The smallest absolute Gasteiger partial charge is 0.194 e. The van der Waals surface area contributed by atoms with E-state index in [0.717, 1.165) is 0 Å². The van der Waals surface area contributed by atoms with E-state index < -0.39 is 0 Å². The van der Waals surface area contributed by atoms with Crippen molar-refractivity contribution in [2.75, 3.05) is 0 Å². The maximum absolute atomic E-state index is 2.44. The third-order valence-corrected chi connectivity index (χ3v) is 5.46. The van der Waals surface area contributed by atoms with Crippen LogP contribution in [0.3, 0.4) is 0 Å². The van der Waals surface area contributed by atoms with Gasteiger partial charge in [-0.05, 0) is 68.4 Å². The molecule has 116 valence electrons. The van der Waals surface area contributed by atoms with E-state index >= 15 is 0 Å². The van der Waals surface area contributed by atoms with Crippen molar-refractivity contribution in [2.45, 2.75) is 40.0 Å². The van der Waals surface area contributed by atoms with E-state index in [-0.39, 0.29) is 0 Å². The monoisotopic (exact) mass is 302 g/mol. The first-order chi connectivity index (χ1) is 11.1. The summed E-state index contributed by atoms with van der Waals surface area (Å²) in [6.45, 7) is 6.66. The number of aromatic nitrogens is 1. The highest BCUT2D eigenvalue weighted by Gasteiger charge is 2.23. The molecule has 0 N–H and O–H groups in total. The number of rotatable bonds is 1. The first-order valence-corrected chi connectivity index (χ1v) is 8.58. The minimum absolute atomic E-state index is 1.20. The van der Waals surface area contributed by atoms with Gasteiger partial charge >= 0.3 is 0 Å². The quantitative estimate of drug-likeness (QED) is 0.571. The van der Waals surface area contributed by atoms with Crippen LogP contribution in [-0.4, -0.2) is 0 Å². The molecule has 0 aliphatic heterocycles. The molecule has 0 amide bonds. The molecule has 1 heteroatoms. The Morgan fingerprint density at radius 2 is 1.70 bits per heavy atom. The van der Waals surface area contributed by atoms with Crippen molar-refractivity contribution in [1.82, 2.24) is 0 Å². The number of pyridine rings is 1. The SMILES string of the molecule is Cc1cc(C)c(C)c(-c2cc3c4c(cccc4[n+]2C)CCC3)c1. The Morgan fingerprint density at radius 3 is 2.52 bits per heavy atom. The van der Waals surface area contributed by atoms with Crippen molar-refractivity contribution in [1.29, 1.82) is 0 Å². The summed E-state index contributed by atoms with van der Waals surface area (Å²) in [5.41, 5.74) is 11.2. The molecule has 3 aromatic rings. The van der Waals surface area contributed by atoms with E-state index in [1.165, 1.54) is 69.2 Å². The average Bonchev–Trinajstić information content (AvgIpc) is 2.54. The van der Waals surface area contributed by atoms with Crippen LogP contribution >= 0.6 is 0 Å². The van der Waals surface area contributed by atoms with Gasteiger partial charge < -0.3 is 0 Å². The fraction of sp³-hybridized carbons (Fsp3) is 0.318. The minimum Gasteiger partial charge on any atom is -0.194 e. The first-order valence-electron chi connectivity index (χ1n) is 8.58. The van der Waals surface area contributed by atoms with Crippen LogP contribution < -0.4 is 4.57 Å². The van der Waals surface area contributed by atoms with Crippen molar-refractivity contribution in [3.8, 4) is 11.3 Å². The van der Waals surface area contributed by atoms with Crippen molar-refractivity contribution in [3.05, 3.63) is 64.2 Å².